The molecule has 2 heterocycles. The summed E-state index contributed by atoms with van der Waals surface area (Å²) in [5.41, 5.74) is 1.38. The van der Waals surface area contributed by atoms with Gasteiger partial charge in [-0.25, -0.2) is 4.68 Å². The zero-order valence-corrected chi connectivity index (χ0v) is 11.8. The first-order valence-corrected chi connectivity index (χ1v) is 7.26. The zero-order chi connectivity index (χ0) is 14.9. The molecule has 0 spiro atoms. The lowest BCUT2D eigenvalue weighted by molar-refractivity contribution is 0.420. The lowest BCUT2D eigenvalue weighted by Gasteiger charge is -2.05. The van der Waals surface area contributed by atoms with Crippen molar-refractivity contribution in [3.05, 3.63) is 64.2 Å². The van der Waals surface area contributed by atoms with E-state index in [-0.39, 0.29) is 5.56 Å². The largest absolute Gasteiger partial charge is 0.332 e. The van der Waals surface area contributed by atoms with Crippen LogP contribution in [0.5, 0.6) is 0 Å². The van der Waals surface area contributed by atoms with Crippen LogP contribution in [0.1, 0.15) is 30.1 Å². The molecule has 0 radical (unpaired) electrons. The summed E-state index contributed by atoms with van der Waals surface area (Å²) in [5.74, 6) is 1.52. The average molecular weight is 294 g/mol. The topological polar surface area (TPSA) is 73.8 Å². The Labute approximate surface area is 126 Å². The normalized spacial score (nSPS) is 14.2. The maximum Gasteiger partial charge on any atom is 0.278 e. The predicted octanol–water partition coefficient (Wildman–Crippen LogP) is 2.22. The summed E-state index contributed by atoms with van der Waals surface area (Å²) in [5, 5.41) is 8.32. The third kappa shape index (κ3) is 2.55. The second kappa shape index (κ2) is 5.22. The second-order valence-electron chi connectivity index (χ2n) is 5.43. The van der Waals surface area contributed by atoms with E-state index in [1.54, 1.807) is 6.07 Å². The third-order valence-electron chi connectivity index (χ3n) is 3.65. The molecule has 1 saturated carbocycles. The van der Waals surface area contributed by atoms with E-state index >= 15 is 0 Å². The van der Waals surface area contributed by atoms with Crippen LogP contribution >= 0.6 is 0 Å². The highest BCUT2D eigenvalue weighted by molar-refractivity contribution is 5.44. The van der Waals surface area contributed by atoms with Crippen LogP contribution in [0.2, 0.25) is 0 Å². The Balaban J connectivity index is 1.66. The van der Waals surface area contributed by atoms with Crippen molar-refractivity contribution < 1.29 is 4.52 Å². The van der Waals surface area contributed by atoms with Gasteiger partial charge in [0.05, 0.1) is 6.54 Å². The number of nitrogens with zero attached hydrogens (tertiary/aromatic N) is 4. The fourth-order valence-corrected chi connectivity index (χ4v) is 2.28. The van der Waals surface area contributed by atoms with Crippen LogP contribution in [-0.2, 0) is 6.54 Å². The van der Waals surface area contributed by atoms with Crippen molar-refractivity contribution in [1.29, 1.82) is 0 Å². The number of hydrogen-bond donors (Lipinski definition) is 0. The minimum absolute atomic E-state index is 0.158. The van der Waals surface area contributed by atoms with Gasteiger partial charge in [0.1, 0.15) is 5.69 Å². The summed E-state index contributed by atoms with van der Waals surface area (Å²) < 4.78 is 6.67. The molecule has 6 nitrogen and oxygen atoms in total. The first-order chi connectivity index (χ1) is 10.8. The van der Waals surface area contributed by atoms with Crippen molar-refractivity contribution in [3.8, 4) is 11.6 Å². The van der Waals surface area contributed by atoms with Gasteiger partial charge in [0.25, 0.3) is 11.4 Å². The first kappa shape index (κ1) is 12.9. The first-order valence-electron chi connectivity index (χ1n) is 7.26. The molecule has 1 fully saturated rings. The molecule has 2 aromatic heterocycles. The highest BCUT2D eigenvalue weighted by atomic mass is 16.5. The highest BCUT2D eigenvalue weighted by Gasteiger charge is 2.29. The van der Waals surface area contributed by atoms with E-state index in [4.69, 9.17) is 4.52 Å². The maximum atomic E-state index is 12.0. The van der Waals surface area contributed by atoms with Crippen molar-refractivity contribution in [1.82, 2.24) is 19.9 Å². The molecule has 22 heavy (non-hydrogen) atoms. The quantitative estimate of drug-likeness (QED) is 0.737. The SMILES string of the molecule is O=c1ccc(-c2nc(C3CC3)no2)nn1Cc1ccccc1. The van der Waals surface area contributed by atoms with Crippen LogP contribution in [0.4, 0.5) is 0 Å². The number of hydrogen-bond acceptors (Lipinski definition) is 5. The van der Waals surface area contributed by atoms with Crippen LogP contribution in [0.25, 0.3) is 11.6 Å². The fourth-order valence-electron chi connectivity index (χ4n) is 2.28. The van der Waals surface area contributed by atoms with Crippen molar-refractivity contribution in [2.75, 3.05) is 0 Å². The smallest absolute Gasteiger partial charge is 0.278 e. The number of rotatable bonds is 4. The van der Waals surface area contributed by atoms with Crippen LogP contribution in [0.3, 0.4) is 0 Å². The molecular weight excluding hydrogens is 280 g/mol. The predicted molar refractivity (Wildman–Crippen MR) is 79.3 cm³/mol. The maximum absolute atomic E-state index is 12.0. The van der Waals surface area contributed by atoms with E-state index in [2.05, 4.69) is 15.2 Å². The van der Waals surface area contributed by atoms with Crippen molar-refractivity contribution in [2.24, 2.45) is 0 Å². The molecule has 6 heteroatoms. The van der Waals surface area contributed by atoms with E-state index in [0.29, 0.717) is 24.0 Å². The van der Waals surface area contributed by atoms with Crippen LogP contribution < -0.4 is 5.56 Å². The monoisotopic (exact) mass is 294 g/mol. The Bertz CT molecular complexity index is 850. The molecule has 0 aliphatic heterocycles. The van der Waals surface area contributed by atoms with Gasteiger partial charge >= 0.3 is 0 Å². The summed E-state index contributed by atoms with van der Waals surface area (Å²) >= 11 is 0. The van der Waals surface area contributed by atoms with Gasteiger partial charge in [-0.15, -0.1) is 0 Å². The molecule has 1 aliphatic carbocycles. The summed E-state index contributed by atoms with van der Waals surface area (Å²) in [6.07, 6.45) is 2.22. The van der Waals surface area contributed by atoms with E-state index in [0.717, 1.165) is 24.2 Å². The molecule has 4 rings (SSSR count). The molecule has 0 saturated heterocycles. The summed E-state index contributed by atoms with van der Waals surface area (Å²) in [7, 11) is 0. The van der Waals surface area contributed by atoms with Gasteiger partial charge in [-0.1, -0.05) is 35.5 Å². The van der Waals surface area contributed by atoms with Crippen molar-refractivity contribution >= 4 is 0 Å². The molecule has 110 valence electrons. The number of benzene rings is 1. The van der Waals surface area contributed by atoms with Gasteiger partial charge < -0.3 is 4.52 Å². The molecule has 0 N–H and O–H groups in total. The summed E-state index contributed by atoms with van der Waals surface area (Å²) in [4.78, 5) is 16.3. The van der Waals surface area contributed by atoms with Gasteiger partial charge in [0.15, 0.2) is 5.82 Å². The van der Waals surface area contributed by atoms with Gasteiger partial charge in [-0.05, 0) is 24.5 Å². The van der Waals surface area contributed by atoms with Gasteiger partial charge in [0.2, 0.25) is 0 Å². The van der Waals surface area contributed by atoms with Gasteiger partial charge in [-0.2, -0.15) is 10.1 Å². The Hall–Kier alpha value is -2.76. The standard InChI is InChI=1S/C16H14N4O2/c21-14-9-8-13(16-17-15(19-22-16)12-6-7-12)18-20(14)10-11-4-2-1-3-5-11/h1-5,8-9,12H,6-7,10H2. The van der Waals surface area contributed by atoms with E-state index in [1.807, 2.05) is 30.3 Å². The van der Waals surface area contributed by atoms with Crippen molar-refractivity contribution in [3.63, 3.8) is 0 Å². The van der Waals surface area contributed by atoms with Crippen LogP contribution in [-0.4, -0.2) is 19.9 Å². The fraction of sp³-hybridized carbons (Fsp3) is 0.250. The Morgan fingerprint density at radius 2 is 1.95 bits per heavy atom. The zero-order valence-electron chi connectivity index (χ0n) is 11.8. The van der Waals surface area contributed by atoms with Crippen LogP contribution in [0, 0.1) is 0 Å². The minimum atomic E-state index is -0.158. The van der Waals surface area contributed by atoms with E-state index in [1.165, 1.54) is 10.7 Å². The molecule has 0 atom stereocenters. The molecule has 0 unspecified atom stereocenters. The average Bonchev–Trinajstić information content (AvgIpc) is 3.28. The molecule has 3 aromatic rings. The summed E-state index contributed by atoms with van der Waals surface area (Å²) in [6, 6.07) is 12.8. The molecule has 1 aromatic carbocycles. The van der Waals surface area contributed by atoms with E-state index < -0.39 is 0 Å². The molecule has 0 bridgehead atoms. The lowest BCUT2D eigenvalue weighted by Crippen LogP contribution is -2.22. The lowest BCUT2D eigenvalue weighted by atomic mass is 10.2. The summed E-state index contributed by atoms with van der Waals surface area (Å²) in [6.45, 7) is 0.414. The Morgan fingerprint density at radius 3 is 2.73 bits per heavy atom. The van der Waals surface area contributed by atoms with Crippen molar-refractivity contribution in [2.45, 2.75) is 25.3 Å². The number of aromatic nitrogens is 4. The van der Waals surface area contributed by atoms with Gasteiger partial charge in [0, 0.05) is 12.0 Å². The Morgan fingerprint density at radius 1 is 1.14 bits per heavy atom. The molecule has 1 aliphatic rings. The second-order valence-corrected chi connectivity index (χ2v) is 5.43. The minimum Gasteiger partial charge on any atom is -0.332 e. The molecule has 0 amide bonds. The Kier molecular flexibility index (Phi) is 3.07. The van der Waals surface area contributed by atoms with E-state index in [9.17, 15) is 4.79 Å². The van der Waals surface area contributed by atoms with Crippen LogP contribution in [0.15, 0.2) is 51.8 Å². The molecular formula is C16H14N4O2. The third-order valence-corrected chi connectivity index (χ3v) is 3.65. The highest BCUT2D eigenvalue weighted by Crippen LogP contribution is 2.38. The van der Waals surface area contributed by atoms with Gasteiger partial charge in [-0.3, -0.25) is 4.79 Å².